The van der Waals surface area contributed by atoms with Gasteiger partial charge in [0.2, 0.25) is 5.88 Å². The minimum Gasteiger partial charge on any atom is -0.477 e. The Bertz CT molecular complexity index is 1600. The number of aromatic carboxylic acids is 1. The van der Waals surface area contributed by atoms with Crippen molar-refractivity contribution < 1.29 is 39.0 Å². The van der Waals surface area contributed by atoms with Crippen LogP contribution >= 0.6 is 34.9 Å². The van der Waals surface area contributed by atoms with E-state index in [4.69, 9.17) is 15.3 Å². The number of nitrogens with zero attached hydrogens (tertiary/aromatic N) is 7. The van der Waals surface area contributed by atoms with E-state index in [1.54, 1.807) is 0 Å². The van der Waals surface area contributed by atoms with Gasteiger partial charge in [-0.1, -0.05) is 16.9 Å². The topological polar surface area (TPSA) is 237 Å². The summed E-state index contributed by atoms with van der Waals surface area (Å²) in [5.74, 6) is -2.47. The second-order valence-corrected chi connectivity index (χ2v) is 10.8. The first kappa shape index (κ1) is 27.1. The monoisotopic (exact) mass is 607 g/mol. The SMILES string of the molecule is CO/N=C(\C(=O)N[C@@H]1C(=O)N2C(OC(=O)O)=C(CSc3nc(C(=O)O)cc4ncnn34)CS[C@H]12)c1csc(N)n1. The highest BCUT2D eigenvalue weighted by Gasteiger charge is 2.54. The summed E-state index contributed by atoms with van der Waals surface area (Å²) < 4.78 is 6.33. The fraction of sp³-hybridized carbons (Fsp3) is 0.250. The number of fused-ring (bicyclic) bond motifs is 2. The van der Waals surface area contributed by atoms with E-state index >= 15 is 0 Å². The lowest BCUT2D eigenvalue weighted by Gasteiger charge is -2.49. The maximum Gasteiger partial charge on any atom is 0.512 e. The number of nitrogen functional groups attached to an aromatic ring is 1. The smallest absolute Gasteiger partial charge is 0.477 e. The highest BCUT2D eigenvalue weighted by atomic mass is 32.2. The Morgan fingerprint density at radius 1 is 1.30 bits per heavy atom. The maximum absolute atomic E-state index is 13.1. The first-order valence-corrected chi connectivity index (χ1v) is 13.9. The number of nitrogens with two attached hydrogens (primary N) is 1. The van der Waals surface area contributed by atoms with E-state index in [0.717, 1.165) is 28.0 Å². The molecule has 5 heterocycles. The number of thioether (sulfide) groups is 2. The van der Waals surface area contributed by atoms with Gasteiger partial charge in [0, 0.05) is 28.5 Å². The normalized spacial score (nSPS) is 18.8. The molecule has 1 saturated heterocycles. The molecule has 208 valence electrons. The second-order valence-electron chi connectivity index (χ2n) is 7.88. The van der Waals surface area contributed by atoms with Gasteiger partial charge in [0.05, 0.1) is 0 Å². The summed E-state index contributed by atoms with van der Waals surface area (Å²) in [6, 6.07) is 0.249. The van der Waals surface area contributed by atoms with Gasteiger partial charge in [0.1, 0.15) is 30.5 Å². The molecule has 5 N–H and O–H groups in total. The molecule has 2 atom stereocenters. The Balaban J connectivity index is 1.36. The summed E-state index contributed by atoms with van der Waals surface area (Å²) in [7, 11) is 1.25. The van der Waals surface area contributed by atoms with Crippen molar-refractivity contribution in [2.75, 3.05) is 24.3 Å². The Morgan fingerprint density at radius 3 is 2.77 bits per heavy atom. The molecular formula is C20H17N9O8S3. The molecule has 2 aliphatic heterocycles. The number of carboxylic acids is 1. The molecule has 0 bridgehead atoms. The zero-order chi connectivity index (χ0) is 28.6. The molecule has 17 nitrogen and oxygen atoms in total. The number of anilines is 1. The standard InChI is InChI=1S/C20H17N9O8S3/c1-36-27-11(9-5-39-18(21)24-9)13(30)26-12-14(31)28-15(37-20(34)35)7(3-38-16(12)28)4-40-19-25-8(17(32)33)2-10-22-6-23-29(10)19/h2,5-6,12,16H,3-4H2,1H3,(H2,21,24)(H,26,30)(H,32,33)(H,34,35)/b27-11-/t12-,16-/m1/s1. The third-order valence-corrected chi connectivity index (χ3v) is 8.49. The molecular weight excluding hydrogens is 590 g/mol. The minimum absolute atomic E-state index is 0.0874. The third kappa shape index (κ3) is 5.10. The Labute approximate surface area is 235 Å². The van der Waals surface area contributed by atoms with Crippen molar-refractivity contribution in [3.8, 4) is 0 Å². The number of amides is 2. The number of ether oxygens (including phenoxy) is 1. The molecule has 5 rings (SSSR count). The summed E-state index contributed by atoms with van der Waals surface area (Å²) in [4.78, 5) is 67.0. The van der Waals surface area contributed by atoms with Gasteiger partial charge in [-0.15, -0.1) is 23.1 Å². The van der Waals surface area contributed by atoms with Crippen LogP contribution in [0.3, 0.4) is 0 Å². The van der Waals surface area contributed by atoms with E-state index in [1.807, 2.05) is 0 Å². The zero-order valence-electron chi connectivity index (χ0n) is 20.1. The van der Waals surface area contributed by atoms with E-state index in [1.165, 1.54) is 41.2 Å². The largest absolute Gasteiger partial charge is 0.512 e. The van der Waals surface area contributed by atoms with Crippen LogP contribution in [0.2, 0.25) is 0 Å². The average Bonchev–Trinajstić information content (AvgIpc) is 3.57. The number of thiazole rings is 1. The molecule has 0 saturated carbocycles. The number of carboxylic acid groups (broad SMARTS) is 2. The molecule has 2 aliphatic rings. The number of β-lactam (4-membered cyclic amide) rings is 1. The lowest BCUT2D eigenvalue weighted by atomic mass is 10.1. The Kier molecular flexibility index (Phi) is 7.45. The molecule has 20 heteroatoms. The van der Waals surface area contributed by atoms with Crippen LogP contribution in [0.25, 0.3) is 5.65 Å². The van der Waals surface area contributed by atoms with Crippen LogP contribution in [-0.4, -0.2) is 99.4 Å². The lowest BCUT2D eigenvalue weighted by molar-refractivity contribution is -0.148. The minimum atomic E-state index is -1.64. The van der Waals surface area contributed by atoms with E-state index in [2.05, 4.69) is 30.5 Å². The van der Waals surface area contributed by atoms with Gasteiger partial charge in [0.15, 0.2) is 27.3 Å². The number of oxime groups is 1. The summed E-state index contributed by atoms with van der Waals surface area (Å²) in [5, 5.41) is 30.3. The van der Waals surface area contributed by atoms with Crippen LogP contribution < -0.4 is 11.1 Å². The van der Waals surface area contributed by atoms with Crippen molar-refractivity contribution in [3.05, 3.63) is 40.6 Å². The van der Waals surface area contributed by atoms with E-state index < -0.39 is 35.4 Å². The number of aromatic nitrogens is 5. The van der Waals surface area contributed by atoms with Crippen molar-refractivity contribution >= 4 is 75.3 Å². The second kappa shape index (κ2) is 11.0. The number of carbonyl (C=O) groups is 4. The third-order valence-electron chi connectivity index (χ3n) is 5.46. The highest BCUT2D eigenvalue weighted by Crippen LogP contribution is 2.42. The van der Waals surface area contributed by atoms with Crippen LogP contribution in [0.5, 0.6) is 0 Å². The van der Waals surface area contributed by atoms with Gasteiger partial charge < -0.3 is 30.8 Å². The summed E-state index contributed by atoms with van der Waals surface area (Å²) in [6.07, 6.45) is -0.394. The number of hydrogen-bond donors (Lipinski definition) is 4. The van der Waals surface area contributed by atoms with Crippen LogP contribution in [0.1, 0.15) is 16.2 Å². The van der Waals surface area contributed by atoms with Crippen molar-refractivity contribution in [2.24, 2.45) is 5.16 Å². The van der Waals surface area contributed by atoms with Crippen molar-refractivity contribution in [3.63, 3.8) is 0 Å². The van der Waals surface area contributed by atoms with E-state index in [-0.39, 0.29) is 50.4 Å². The zero-order valence-corrected chi connectivity index (χ0v) is 22.5. The van der Waals surface area contributed by atoms with Crippen molar-refractivity contribution in [1.82, 2.24) is 34.8 Å². The van der Waals surface area contributed by atoms with Crippen molar-refractivity contribution in [2.45, 2.75) is 16.6 Å². The molecule has 2 amide bonds. The number of nitrogens with one attached hydrogen (secondary N) is 1. The quantitative estimate of drug-likeness (QED) is 0.0639. The number of rotatable bonds is 9. The van der Waals surface area contributed by atoms with Crippen LogP contribution in [0.15, 0.2) is 39.5 Å². The van der Waals surface area contributed by atoms with E-state index in [0.29, 0.717) is 5.57 Å². The summed E-state index contributed by atoms with van der Waals surface area (Å²) in [6.45, 7) is 0. The Morgan fingerprint density at radius 2 is 2.10 bits per heavy atom. The predicted molar refractivity (Wildman–Crippen MR) is 140 cm³/mol. The molecule has 0 unspecified atom stereocenters. The molecule has 0 aliphatic carbocycles. The summed E-state index contributed by atoms with van der Waals surface area (Å²) in [5.41, 5.74) is 6.07. The lowest BCUT2D eigenvalue weighted by Crippen LogP contribution is -2.70. The van der Waals surface area contributed by atoms with Gasteiger partial charge in [-0.25, -0.2) is 24.5 Å². The van der Waals surface area contributed by atoms with E-state index in [9.17, 15) is 29.4 Å². The first-order chi connectivity index (χ1) is 19.2. The molecule has 0 spiro atoms. The average molecular weight is 608 g/mol. The number of hydrogen-bond acceptors (Lipinski definition) is 15. The van der Waals surface area contributed by atoms with Gasteiger partial charge in [0.25, 0.3) is 11.8 Å². The molecule has 0 aromatic carbocycles. The molecule has 40 heavy (non-hydrogen) atoms. The fourth-order valence-electron chi connectivity index (χ4n) is 3.77. The predicted octanol–water partition coefficient (Wildman–Crippen LogP) is 0.310. The molecule has 0 radical (unpaired) electrons. The number of carbonyl (C=O) groups excluding carboxylic acids is 2. The molecule has 3 aromatic heterocycles. The highest BCUT2D eigenvalue weighted by molar-refractivity contribution is 8.01. The van der Waals surface area contributed by atoms with Crippen LogP contribution in [0.4, 0.5) is 9.93 Å². The van der Waals surface area contributed by atoms with Gasteiger partial charge in [-0.2, -0.15) is 9.61 Å². The molecule has 3 aromatic rings. The van der Waals surface area contributed by atoms with Crippen LogP contribution in [0, 0.1) is 0 Å². The van der Waals surface area contributed by atoms with Crippen molar-refractivity contribution in [1.29, 1.82) is 0 Å². The maximum atomic E-state index is 13.1. The summed E-state index contributed by atoms with van der Waals surface area (Å²) >= 11 is 3.43. The Hall–Kier alpha value is -4.43. The van der Waals surface area contributed by atoms with Gasteiger partial charge in [-0.3, -0.25) is 14.5 Å². The first-order valence-electron chi connectivity index (χ1n) is 11.0. The fourth-order valence-corrected chi connectivity index (χ4v) is 6.72. The molecule has 1 fully saturated rings. The van der Waals surface area contributed by atoms with Crippen LogP contribution in [-0.2, 0) is 19.2 Å². The van der Waals surface area contributed by atoms with Gasteiger partial charge >= 0.3 is 12.1 Å². The van der Waals surface area contributed by atoms with Gasteiger partial charge in [-0.05, 0) is 0 Å².